The van der Waals surface area contributed by atoms with Gasteiger partial charge in [-0.05, 0) is 24.3 Å². The zero-order valence-electron chi connectivity index (χ0n) is 5.24. The van der Waals surface area contributed by atoms with Gasteiger partial charge in [0, 0.05) is 0 Å². The van der Waals surface area contributed by atoms with Crippen LogP contribution in [-0.4, -0.2) is 0 Å². The van der Waals surface area contributed by atoms with Crippen molar-refractivity contribution in [1.82, 2.24) is 0 Å². The van der Waals surface area contributed by atoms with E-state index < -0.39 is 0 Å². The van der Waals surface area contributed by atoms with E-state index in [2.05, 4.69) is 4.84 Å². The van der Waals surface area contributed by atoms with Crippen LogP contribution in [0.2, 0.25) is 0 Å². The van der Waals surface area contributed by atoms with Gasteiger partial charge in [0.05, 0.1) is 11.6 Å². The second-order valence-corrected chi connectivity index (χ2v) is 1.75. The van der Waals surface area contributed by atoms with Crippen LogP contribution in [-0.2, 0) is 0 Å². The Bertz CT molecular complexity index is 247. The van der Waals surface area contributed by atoms with E-state index in [1.165, 1.54) is 0 Å². The average Bonchev–Trinajstić information content (AvgIpc) is 2.05. The van der Waals surface area contributed by atoms with Crippen LogP contribution in [0.1, 0.15) is 5.56 Å². The maximum atomic E-state index is 8.38. The summed E-state index contributed by atoms with van der Waals surface area (Å²) >= 11 is 0. The van der Waals surface area contributed by atoms with Gasteiger partial charge in [-0.15, -0.1) is 0 Å². The molecule has 0 atom stereocenters. The Labute approximate surface area is 58.6 Å². The van der Waals surface area contributed by atoms with Gasteiger partial charge in [0.1, 0.15) is 5.75 Å². The fourth-order valence-electron chi connectivity index (χ4n) is 0.608. The van der Waals surface area contributed by atoms with Crippen molar-refractivity contribution in [2.24, 2.45) is 5.90 Å². The van der Waals surface area contributed by atoms with Crippen molar-refractivity contribution in [2.45, 2.75) is 0 Å². The van der Waals surface area contributed by atoms with Crippen molar-refractivity contribution in [2.75, 3.05) is 0 Å². The molecule has 0 aliphatic rings. The van der Waals surface area contributed by atoms with Gasteiger partial charge >= 0.3 is 0 Å². The molecule has 0 saturated heterocycles. The lowest BCUT2D eigenvalue weighted by molar-refractivity contribution is 0.334. The maximum absolute atomic E-state index is 8.38. The Kier molecular flexibility index (Phi) is 1.88. The molecule has 3 heteroatoms. The Morgan fingerprint density at radius 1 is 1.30 bits per heavy atom. The topological polar surface area (TPSA) is 59.0 Å². The number of nitrogens with two attached hydrogens (primary N) is 1. The van der Waals surface area contributed by atoms with Gasteiger partial charge in [-0.1, -0.05) is 0 Å². The van der Waals surface area contributed by atoms with E-state index in [9.17, 15) is 0 Å². The van der Waals surface area contributed by atoms with Gasteiger partial charge in [-0.3, -0.25) is 0 Å². The van der Waals surface area contributed by atoms with Crippen LogP contribution in [0, 0.1) is 11.3 Å². The number of nitrogens with zero attached hydrogens (tertiary/aromatic N) is 1. The van der Waals surface area contributed by atoms with Crippen LogP contribution in [0.4, 0.5) is 0 Å². The van der Waals surface area contributed by atoms with Crippen molar-refractivity contribution >= 4 is 0 Å². The third-order valence-corrected chi connectivity index (χ3v) is 1.12. The molecule has 0 saturated carbocycles. The zero-order chi connectivity index (χ0) is 7.40. The first-order valence-corrected chi connectivity index (χ1v) is 2.73. The van der Waals surface area contributed by atoms with E-state index in [4.69, 9.17) is 11.2 Å². The number of hydrogen-bond acceptors (Lipinski definition) is 3. The fourth-order valence-corrected chi connectivity index (χ4v) is 0.608. The van der Waals surface area contributed by atoms with Gasteiger partial charge in [0.15, 0.2) is 0 Å². The van der Waals surface area contributed by atoms with E-state index >= 15 is 0 Å². The minimum absolute atomic E-state index is 0.555. The highest BCUT2D eigenvalue weighted by Gasteiger charge is 1.90. The smallest absolute Gasteiger partial charge is 0.146 e. The molecule has 0 bridgehead atoms. The van der Waals surface area contributed by atoms with Gasteiger partial charge in [-0.25, -0.2) is 0 Å². The van der Waals surface area contributed by atoms with Crippen LogP contribution in [0.15, 0.2) is 24.3 Å². The standard InChI is InChI=1S/C7H6N2O/c8-5-6-1-3-7(10-9)4-2-6/h1-4H,9H2. The summed E-state index contributed by atoms with van der Waals surface area (Å²) in [6.07, 6.45) is 0. The second-order valence-electron chi connectivity index (χ2n) is 1.75. The summed E-state index contributed by atoms with van der Waals surface area (Å²) in [6, 6.07) is 8.54. The summed E-state index contributed by atoms with van der Waals surface area (Å²) < 4.78 is 0. The highest BCUT2D eigenvalue weighted by atomic mass is 16.6. The SMILES string of the molecule is N#Cc1ccc(ON)cc1. The van der Waals surface area contributed by atoms with Crippen molar-refractivity contribution in [3.05, 3.63) is 29.8 Å². The lowest BCUT2D eigenvalue weighted by Crippen LogP contribution is -2.00. The molecule has 0 aliphatic heterocycles. The summed E-state index contributed by atoms with van der Waals surface area (Å²) in [7, 11) is 0. The molecule has 50 valence electrons. The van der Waals surface area contributed by atoms with Gasteiger partial charge in [0.2, 0.25) is 0 Å². The van der Waals surface area contributed by atoms with E-state index in [0.717, 1.165) is 0 Å². The first kappa shape index (κ1) is 6.59. The maximum Gasteiger partial charge on any atom is 0.146 e. The monoisotopic (exact) mass is 134 g/mol. The quantitative estimate of drug-likeness (QED) is 0.578. The molecule has 0 amide bonds. The Balaban J connectivity index is 2.93. The highest BCUT2D eigenvalue weighted by molar-refractivity contribution is 5.34. The minimum atomic E-state index is 0.555. The molecule has 0 aliphatic carbocycles. The molecule has 1 aromatic rings. The first-order chi connectivity index (χ1) is 4.86. The Hall–Kier alpha value is -1.53. The van der Waals surface area contributed by atoms with Gasteiger partial charge < -0.3 is 4.84 Å². The summed E-state index contributed by atoms with van der Waals surface area (Å²) in [5.74, 6) is 5.41. The molecule has 0 heterocycles. The molecule has 3 nitrogen and oxygen atoms in total. The van der Waals surface area contributed by atoms with E-state index in [1.54, 1.807) is 24.3 Å². The minimum Gasteiger partial charge on any atom is -0.412 e. The molecule has 1 aromatic carbocycles. The third kappa shape index (κ3) is 1.24. The van der Waals surface area contributed by atoms with Crippen molar-refractivity contribution < 1.29 is 4.84 Å². The average molecular weight is 134 g/mol. The Morgan fingerprint density at radius 2 is 1.90 bits per heavy atom. The van der Waals surface area contributed by atoms with E-state index in [-0.39, 0.29) is 0 Å². The number of nitriles is 1. The van der Waals surface area contributed by atoms with Crippen LogP contribution in [0.25, 0.3) is 0 Å². The number of benzene rings is 1. The van der Waals surface area contributed by atoms with Crippen LogP contribution >= 0.6 is 0 Å². The summed E-state index contributed by atoms with van der Waals surface area (Å²) in [4.78, 5) is 4.40. The molecular weight excluding hydrogens is 128 g/mol. The highest BCUT2D eigenvalue weighted by Crippen LogP contribution is 2.08. The van der Waals surface area contributed by atoms with E-state index in [1.807, 2.05) is 6.07 Å². The van der Waals surface area contributed by atoms with Gasteiger partial charge in [-0.2, -0.15) is 11.2 Å². The van der Waals surface area contributed by atoms with Gasteiger partial charge in [0.25, 0.3) is 0 Å². The predicted octanol–water partition coefficient (Wildman–Crippen LogP) is 0.811. The molecule has 0 fully saturated rings. The molecular formula is C7H6N2O. The van der Waals surface area contributed by atoms with Crippen LogP contribution < -0.4 is 10.7 Å². The summed E-state index contributed by atoms with van der Waals surface area (Å²) in [6.45, 7) is 0. The normalized spacial score (nSPS) is 8.40. The molecule has 2 N–H and O–H groups in total. The largest absolute Gasteiger partial charge is 0.412 e. The van der Waals surface area contributed by atoms with Crippen LogP contribution in [0.5, 0.6) is 5.75 Å². The lowest BCUT2D eigenvalue weighted by atomic mass is 10.2. The molecule has 0 radical (unpaired) electrons. The van der Waals surface area contributed by atoms with Crippen molar-refractivity contribution in [1.29, 1.82) is 5.26 Å². The summed E-state index contributed by atoms with van der Waals surface area (Å²) in [5.41, 5.74) is 0.598. The predicted molar refractivity (Wildman–Crippen MR) is 36.0 cm³/mol. The number of hydrogen-bond donors (Lipinski definition) is 1. The molecule has 0 aromatic heterocycles. The van der Waals surface area contributed by atoms with Crippen LogP contribution in [0.3, 0.4) is 0 Å². The van der Waals surface area contributed by atoms with E-state index in [0.29, 0.717) is 11.3 Å². The van der Waals surface area contributed by atoms with Crippen molar-refractivity contribution in [3.63, 3.8) is 0 Å². The summed E-state index contributed by atoms with van der Waals surface area (Å²) in [5, 5.41) is 8.38. The molecule has 1 rings (SSSR count). The molecule has 0 unspecified atom stereocenters. The first-order valence-electron chi connectivity index (χ1n) is 2.73. The lowest BCUT2D eigenvalue weighted by Gasteiger charge is -1.94. The third-order valence-electron chi connectivity index (χ3n) is 1.12. The molecule has 0 spiro atoms. The van der Waals surface area contributed by atoms with Crippen molar-refractivity contribution in [3.8, 4) is 11.8 Å². The number of rotatable bonds is 1. The zero-order valence-corrected chi connectivity index (χ0v) is 5.24. The molecule has 10 heavy (non-hydrogen) atoms. The second kappa shape index (κ2) is 2.85. The Morgan fingerprint density at radius 3 is 2.30 bits per heavy atom. The fraction of sp³-hybridized carbons (Fsp3) is 0.